The first kappa shape index (κ1) is 27.4. The minimum absolute atomic E-state index is 0.351. The van der Waals surface area contributed by atoms with Crippen molar-refractivity contribution in [2.24, 2.45) is 0 Å². The standard InChI is InChI=1S/C22H20N2O8S4/c1-3-17-8-12-19(13-9-17)33(25,26)23-35(29,30)21-6-5-7-22(16-21)36(31,32)24-34(27,28)20-14-10-18(4-2)11-15-20/h3-16,23-24H,1-2H2. The lowest BCUT2D eigenvalue weighted by Gasteiger charge is -2.11. The SMILES string of the molecule is C=Cc1ccc(S(=O)(=O)NS(=O)(=O)c2cccc(S(=O)(=O)NS(=O)(=O)c3ccc(C=C)cc3)c2)cc1. The summed E-state index contributed by atoms with van der Waals surface area (Å²) in [6.45, 7) is 7.08. The highest BCUT2D eigenvalue weighted by molar-refractivity contribution is 8.05. The summed E-state index contributed by atoms with van der Waals surface area (Å²) in [6.07, 6.45) is 2.94. The molecule has 0 spiro atoms. The predicted octanol–water partition coefficient (Wildman–Crippen LogP) is 2.31. The van der Waals surface area contributed by atoms with Gasteiger partial charge in [-0.05, 0) is 53.6 Å². The van der Waals surface area contributed by atoms with Crippen LogP contribution in [0.2, 0.25) is 0 Å². The maximum absolute atomic E-state index is 12.7. The molecule has 0 saturated heterocycles. The third-order valence-electron chi connectivity index (χ3n) is 4.72. The fourth-order valence-corrected chi connectivity index (χ4v) is 8.85. The van der Waals surface area contributed by atoms with E-state index in [0.717, 1.165) is 18.2 Å². The molecule has 36 heavy (non-hydrogen) atoms. The van der Waals surface area contributed by atoms with Gasteiger partial charge in [0.15, 0.2) is 0 Å². The molecule has 0 aromatic heterocycles. The molecule has 0 saturated carbocycles. The van der Waals surface area contributed by atoms with Crippen molar-refractivity contribution in [2.75, 3.05) is 0 Å². The number of sulfonamides is 4. The molecule has 0 fully saturated rings. The molecule has 0 aliphatic carbocycles. The summed E-state index contributed by atoms with van der Waals surface area (Å²) >= 11 is 0. The molecule has 0 amide bonds. The zero-order valence-electron chi connectivity index (χ0n) is 18.4. The quantitative estimate of drug-likeness (QED) is 0.377. The molecule has 0 aliphatic heterocycles. The molecular weight excluding hydrogens is 549 g/mol. The second kappa shape index (κ2) is 10.1. The van der Waals surface area contributed by atoms with Gasteiger partial charge in [0.05, 0.1) is 19.6 Å². The first-order valence-electron chi connectivity index (χ1n) is 9.82. The van der Waals surface area contributed by atoms with E-state index >= 15 is 0 Å². The van der Waals surface area contributed by atoms with Gasteiger partial charge in [0.25, 0.3) is 40.1 Å². The fraction of sp³-hybridized carbons (Fsp3) is 0. The summed E-state index contributed by atoms with van der Waals surface area (Å²) in [5, 5.41) is 0. The summed E-state index contributed by atoms with van der Waals surface area (Å²) in [5.74, 6) is 0. The lowest BCUT2D eigenvalue weighted by Crippen LogP contribution is -2.32. The Morgan fingerprint density at radius 3 is 1.08 bits per heavy atom. The van der Waals surface area contributed by atoms with Crippen LogP contribution >= 0.6 is 0 Å². The predicted molar refractivity (Wildman–Crippen MR) is 135 cm³/mol. The van der Waals surface area contributed by atoms with E-state index in [9.17, 15) is 33.7 Å². The third-order valence-corrected chi connectivity index (χ3v) is 11.8. The maximum Gasteiger partial charge on any atom is 0.253 e. The Kier molecular flexibility index (Phi) is 7.69. The van der Waals surface area contributed by atoms with Crippen LogP contribution in [0.5, 0.6) is 0 Å². The van der Waals surface area contributed by atoms with E-state index < -0.39 is 49.9 Å². The van der Waals surface area contributed by atoms with Gasteiger partial charge >= 0.3 is 0 Å². The van der Waals surface area contributed by atoms with Crippen LogP contribution in [0.1, 0.15) is 11.1 Å². The first-order chi connectivity index (χ1) is 16.7. The number of nitrogens with one attached hydrogen (secondary N) is 2. The molecule has 10 nitrogen and oxygen atoms in total. The molecular formula is C22H20N2O8S4. The molecule has 3 aromatic carbocycles. The van der Waals surface area contributed by atoms with Gasteiger partial charge in [-0.2, -0.15) is 0 Å². The fourth-order valence-electron chi connectivity index (χ4n) is 2.86. The van der Waals surface area contributed by atoms with Crippen LogP contribution in [0.15, 0.2) is 106 Å². The zero-order valence-corrected chi connectivity index (χ0v) is 21.7. The molecule has 190 valence electrons. The van der Waals surface area contributed by atoms with Gasteiger partial charge in [0.1, 0.15) is 0 Å². The van der Waals surface area contributed by atoms with Crippen molar-refractivity contribution in [1.82, 2.24) is 8.25 Å². The van der Waals surface area contributed by atoms with E-state index in [1.807, 2.05) is 0 Å². The van der Waals surface area contributed by atoms with Gasteiger partial charge in [-0.3, -0.25) is 0 Å². The minimum atomic E-state index is -4.78. The lowest BCUT2D eigenvalue weighted by atomic mass is 10.2. The number of benzene rings is 3. The molecule has 0 radical (unpaired) electrons. The van der Waals surface area contributed by atoms with Crippen molar-refractivity contribution in [2.45, 2.75) is 19.6 Å². The van der Waals surface area contributed by atoms with Crippen molar-refractivity contribution in [1.29, 1.82) is 0 Å². The van der Waals surface area contributed by atoms with Crippen molar-refractivity contribution in [3.63, 3.8) is 0 Å². The Balaban J connectivity index is 1.91. The molecule has 14 heteroatoms. The van der Waals surface area contributed by atoms with Crippen LogP contribution in [0.25, 0.3) is 12.2 Å². The van der Waals surface area contributed by atoms with Crippen LogP contribution in [0.3, 0.4) is 0 Å². The van der Waals surface area contributed by atoms with E-state index in [0.29, 0.717) is 17.2 Å². The summed E-state index contributed by atoms with van der Waals surface area (Å²) < 4.78 is 104. The van der Waals surface area contributed by atoms with Gasteiger partial charge in [-0.25, -0.2) is 33.7 Å². The molecule has 0 heterocycles. The van der Waals surface area contributed by atoms with Crippen molar-refractivity contribution in [3.05, 3.63) is 97.1 Å². The van der Waals surface area contributed by atoms with Gasteiger partial charge in [-0.1, -0.05) is 55.6 Å². The van der Waals surface area contributed by atoms with Crippen molar-refractivity contribution in [3.8, 4) is 0 Å². The van der Waals surface area contributed by atoms with E-state index in [1.165, 1.54) is 60.7 Å². The highest BCUT2D eigenvalue weighted by Gasteiger charge is 2.28. The Morgan fingerprint density at radius 1 is 0.472 bits per heavy atom. The number of hydrogen-bond donors (Lipinski definition) is 2. The van der Waals surface area contributed by atoms with Crippen LogP contribution in [-0.4, -0.2) is 33.7 Å². The van der Waals surface area contributed by atoms with Gasteiger partial charge in [0.2, 0.25) is 0 Å². The smallest absolute Gasteiger partial charge is 0.206 e. The average molecular weight is 569 g/mol. The average Bonchev–Trinajstić information content (AvgIpc) is 2.83. The summed E-state index contributed by atoms with van der Waals surface area (Å²) in [5.41, 5.74) is 1.21. The Labute approximate surface area is 210 Å². The van der Waals surface area contributed by atoms with Crippen LogP contribution < -0.4 is 8.25 Å². The van der Waals surface area contributed by atoms with E-state index in [-0.39, 0.29) is 9.79 Å². The lowest BCUT2D eigenvalue weighted by molar-refractivity contribution is 0.575. The van der Waals surface area contributed by atoms with E-state index in [4.69, 9.17) is 0 Å². The Morgan fingerprint density at radius 2 is 0.778 bits per heavy atom. The molecule has 3 rings (SSSR count). The van der Waals surface area contributed by atoms with Gasteiger partial charge < -0.3 is 0 Å². The van der Waals surface area contributed by atoms with Crippen molar-refractivity contribution < 1.29 is 33.7 Å². The summed E-state index contributed by atoms with van der Waals surface area (Å²) in [4.78, 5) is -2.14. The second-order valence-electron chi connectivity index (χ2n) is 7.20. The molecule has 0 unspecified atom stereocenters. The molecule has 3 aromatic rings. The topological polar surface area (TPSA) is 161 Å². The molecule has 0 bridgehead atoms. The molecule has 0 atom stereocenters. The Bertz CT molecular complexity index is 1620. The summed E-state index contributed by atoms with van der Waals surface area (Å²) in [7, 11) is -18.7. The zero-order chi connectivity index (χ0) is 26.8. The first-order valence-corrected chi connectivity index (χ1v) is 15.8. The van der Waals surface area contributed by atoms with Crippen LogP contribution in [0, 0.1) is 0 Å². The Hall–Kier alpha value is -3.14. The highest BCUT2D eigenvalue weighted by Crippen LogP contribution is 2.20. The largest absolute Gasteiger partial charge is 0.253 e. The third kappa shape index (κ3) is 6.16. The highest BCUT2D eigenvalue weighted by atomic mass is 32.3. The number of hydrogen-bond acceptors (Lipinski definition) is 8. The molecule has 2 N–H and O–H groups in total. The van der Waals surface area contributed by atoms with E-state index in [2.05, 4.69) is 13.2 Å². The second-order valence-corrected chi connectivity index (χ2v) is 14.4. The minimum Gasteiger partial charge on any atom is -0.206 e. The van der Waals surface area contributed by atoms with Gasteiger partial charge in [-0.15, -0.1) is 8.25 Å². The number of rotatable bonds is 10. The monoisotopic (exact) mass is 568 g/mol. The van der Waals surface area contributed by atoms with E-state index in [1.54, 1.807) is 8.25 Å². The van der Waals surface area contributed by atoms with Crippen LogP contribution in [0.4, 0.5) is 0 Å². The normalized spacial score (nSPS) is 12.7. The van der Waals surface area contributed by atoms with Gasteiger partial charge in [0, 0.05) is 0 Å². The summed E-state index contributed by atoms with van der Waals surface area (Å²) in [6, 6.07) is 13.9. The maximum atomic E-state index is 12.7. The molecule has 0 aliphatic rings. The van der Waals surface area contributed by atoms with Crippen molar-refractivity contribution >= 4 is 52.2 Å². The van der Waals surface area contributed by atoms with Crippen LogP contribution in [-0.2, 0) is 40.1 Å².